The molecule has 1 amide bonds. The summed E-state index contributed by atoms with van der Waals surface area (Å²) in [5.74, 6) is -1.12. The molecule has 0 aliphatic rings. The first-order valence-electron chi connectivity index (χ1n) is 8.56. The number of anilines is 1. The molecule has 148 valence electrons. The molecule has 0 radical (unpaired) electrons. The van der Waals surface area contributed by atoms with E-state index in [0.29, 0.717) is 11.3 Å². The Bertz CT molecular complexity index is 863. The number of esters is 1. The third kappa shape index (κ3) is 6.50. The van der Waals surface area contributed by atoms with E-state index in [9.17, 15) is 18.4 Å². The van der Waals surface area contributed by atoms with Crippen LogP contribution in [-0.2, 0) is 14.3 Å². The summed E-state index contributed by atoms with van der Waals surface area (Å²) in [6, 6.07) is 11.4. The lowest BCUT2D eigenvalue weighted by Gasteiger charge is -2.14. The van der Waals surface area contributed by atoms with Crippen LogP contribution in [0.15, 0.2) is 48.5 Å². The van der Waals surface area contributed by atoms with E-state index in [1.165, 1.54) is 37.3 Å². The quantitative estimate of drug-likeness (QED) is 0.560. The van der Waals surface area contributed by atoms with Crippen molar-refractivity contribution in [3.8, 4) is 5.75 Å². The molecule has 5 nitrogen and oxygen atoms in total. The molecule has 28 heavy (non-hydrogen) atoms. The van der Waals surface area contributed by atoms with Gasteiger partial charge < -0.3 is 14.8 Å². The third-order valence-corrected chi connectivity index (χ3v) is 3.83. The molecule has 0 aromatic heterocycles. The molecule has 0 fully saturated rings. The van der Waals surface area contributed by atoms with Crippen molar-refractivity contribution in [2.24, 2.45) is 0 Å². The molecule has 2 aromatic carbocycles. The molecular weight excluding hydrogens is 368 g/mol. The SMILES string of the molecule is Cc1ccc(C)c(NC(=O)[C@H](C)OC(=O)/C=C/c2ccc(OC(F)F)cc2)c1. The molecule has 2 rings (SSSR count). The summed E-state index contributed by atoms with van der Waals surface area (Å²) in [6.07, 6.45) is 1.62. The highest BCUT2D eigenvalue weighted by Crippen LogP contribution is 2.17. The lowest BCUT2D eigenvalue weighted by atomic mass is 10.1. The highest BCUT2D eigenvalue weighted by atomic mass is 19.3. The van der Waals surface area contributed by atoms with Gasteiger partial charge in [0.1, 0.15) is 5.75 Å². The lowest BCUT2D eigenvalue weighted by molar-refractivity contribution is -0.148. The summed E-state index contributed by atoms with van der Waals surface area (Å²) in [7, 11) is 0. The fraction of sp³-hybridized carbons (Fsp3) is 0.238. The second kappa shape index (κ2) is 9.64. The molecular formula is C21H21F2NO4. The van der Waals surface area contributed by atoms with Gasteiger partial charge in [-0.25, -0.2) is 4.79 Å². The minimum atomic E-state index is -2.90. The summed E-state index contributed by atoms with van der Waals surface area (Å²) in [5, 5.41) is 2.74. The van der Waals surface area contributed by atoms with Crippen LogP contribution >= 0.6 is 0 Å². The average molecular weight is 389 g/mol. The van der Waals surface area contributed by atoms with E-state index < -0.39 is 24.6 Å². The maximum absolute atomic E-state index is 12.2. The van der Waals surface area contributed by atoms with Crippen LogP contribution in [0.2, 0.25) is 0 Å². The molecule has 0 aliphatic heterocycles. The highest BCUT2D eigenvalue weighted by Gasteiger charge is 2.17. The summed E-state index contributed by atoms with van der Waals surface area (Å²) in [6.45, 7) is 2.36. The maximum Gasteiger partial charge on any atom is 0.387 e. The van der Waals surface area contributed by atoms with Crippen LogP contribution < -0.4 is 10.1 Å². The van der Waals surface area contributed by atoms with Crippen molar-refractivity contribution in [2.75, 3.05) is 5.32 Å². The number of aryl methyl sites for hydroxylation is 2. The summed E-state index contributed by atoms with van der Waals surface area (Å²) >= 11 is 0. The third-order valence-electron chi connectivity index (χ3n) is 3.83. The molecule has 2 aromatic rings. The number of carbonyl (C=O) groups is 2. The Hall–Kier alpha value is -3.22. The van der Waals surface area contributed by atoms with E-state index in [2.05, 4.69) is 10.1 Å². The van der Waals surface area contributed by atoms with Gasteiger partial charge in [-0.1, -0.05) is 24.3 Å². The van der Waals surface area contributed by atoms with Crippen molar-refractivity contribution >= 4 is 23.6 Å². The molecule has 7 heteroatoms. The van der Waals surface area contributed by atoms with Crippen LogP contribution in [0.5, 0.6) is 5.75 Å². The first-order chi connectivity index (χ1) is 13.2. The number of amides is 1. The van der Waals surface area contributed by atoms with Crippen LogP contribution in [-0.4, -0.2) is 24.6 Å². The van der Waals surface area contributed by atoms with E-state index in [4.69, 9.17) is 4.74 Å². The van der Waals surface area contributed by atoms with Crippen LogP contribution in [0.4, 0.5) is 14.5 Å². The van der Waals surface area contributed by atoms with E-state index in [1.807, 2.05) is 32.0 Å². The first kappa shape index (κ1) is 21.1. The molecule has 0 unspecified atom stereocenters. The minimum Gasteiger partial charge on any atom is -0.449 e. The van der Waals surface area contributed by atoms with Gasteiger partial charge in [0.25, 0.3) is 5.91 Å². The van der Waals surface area contributed by atoms with Crippen LogP contribution in [0.1, 0.15) is 23.6 Å². The Kier molecular flexibility index (Phi) is 7.26. The van der Waals surface area contributed by atoms with Crippen LogP contribution in [0.25, 0.3) is 6.08 Å². The number of ether oxygens (including phenoxy) is 2. The number of rotatable bonds is 7. The first-order valence-corrected chi connectivity index (χ1v) is 8.56. The average Bonchev–Trinajstić information content (AvgIpc) is 2.63. The Morgan fingerprint density at radius 1 is 1.07 bits per heavy atom. The van der Waals surface area contributed by atoms with Gasteiger partial charge in [0.05, 0.1) is 0 Å². The second-order valence-electron chi connectivity index (χ2n) is 6.17. The normalized spacial score (nSPS) is 12.1. The van der Waals surface area contributed by atoms with E-state index in [0.717, 1.165) is 17.2 Å². The monoisotopic (exact) mass is 389 g/mol. The fourth-order valence-corrected chi connectivity index (χ4v) is 2.30. The predicted octanol–water partition coefficient (Wildman–Crippen LogP) is 4.49. The summed E-state index contributed by atoms with van der Waals surface area (Å²) in [5.41, 5.74) is 3.15. The van der Waals surface area contributed by atoms with Gasteiger partial charge >= 0.3 is 12.6 Å². The minimum absolute atomic E-state index is 0.0199. The van der Waals surface area contributed by atoms with Gasteiger partial charge in [-0.15, -0.1) is 0 Å². The van der Waals surface area contributed by atoms with Gasteiger partial charge in [0.2, 0.25) is 0 Å². The topological polar surface area (TPSA) is 64.6 Å². The summed E-state index contributed by atoms with van der Waals surface area (Å²) in [4.78, 5) is 24.1. The number of alkyl halides is 2. The van der Waals surface area contributed by atoms with E-state index in [1.54, 1.807) is 0 Å². The van der Waals surface area contributed by atoms with Crippen molar-refractivity contribution < 1.29 is 27.8 Å². The van der Waals surface area contributed by atoms with Gasteiger partial charge in [0, 0.05) is 11.8 Å². The smallest absolute Gasteiger partial charge is 0.387 e. The van der Waals surface area contributed by atoms with E-state index >= 15 is 0 Å². The molecule has 0 saturated carbocycles. The van der Waals surface area contributed by atoms with Gasteiger partial charge in [-0.3, -0.25) is 4.79 Å². The van der Waals surface area contributed by atoms with Crippen molar-refractivity contribution in [1.29, 1.82) is 0 Å². The van der Waals surface area contributed by atoms with Gasteiger partial charge in [-0.2, -0.15) is 8.78 Å². The Morgan fingerprint density at radius 2 is 1.75 bits per heavy atom. The zero-order valence-electron chi connectivity index (χ0n) is 15.7. The number of benzene rings is 2. The number of carbonyl (C=O) groups excluding carboxylic acids is 2. The Balaban J connectivity index is 1.89. The zero-order valence-corrected chi connectivity index (χ0v) is 15.7. The maximum atomic E-state index is 12.2. The lowest BCUT2D eigenvalue weighted by Crippen LogP contribution is -2.29. The molecule has 1 atom stereocenters. The Morgan fingerprint density at radius 3 is 2.39 bits per heavy atom. The molecule has 0 aliphatic carbocycles. The molecule has 0 heterocycles. The van der Waals surface area contributed by atoms with Gasteiger partial charge in [0.15, 0.2) is 6.10 Å². The standard InChI is InChI=1S/C21H21F2NO4/c1-13-4-5-14(2)18(12-13)24-20(26)15(3)27-19(25)11-8-16-6-9-17(10-7-16)28-21(22)23/h4-12,15,21H,1-3H3,(H,24,26)/b11-8+/t15-/m0/s1. The van der Waals surface area contributed by atoms with E-state index in [-0.39, 0.29) is 5.75 Å². The molecule has 1 N–H and O–H groups in total. The summed E-state index contributed by atoms with van der Waals surface area (Å²) < 4.78 is 33.6. The predicted molar refractivity (Wildman–Crippen MR) is 102 cm³/mol. The van der Waals surface area contributed by atoms with Crippen LogP contribution in [0.3, 0.4) is 0 Å². The number of nitrogens with one attached hydrogen (secondary N) is 1. The second-order valence-corrected chi connectivity index (χ2v) is 6.17. The number of halogens is 2. The van der Waals surface area contributed by atoms with Crippen molar-refractivity contribution in [3.63, 3.8) is 0 Å². The fourth-order valence-electron chi connectivity index (χ4n) is 2.30. The van der Waals surface area contributed by atoms with Crippen molar-refractivity contribution in [3.05, 3.63) is 65.2 Å². The Labute approximate surface area is 162 Å². The van der Waals surface area contributed by atoms with Crippen molar-refractivity contribution in [2.45, 2.75) is 33.5 Å². The number of hydrogen-bond donors (Lipinski definition) is 1. The largest absolute Gasteiger partial charge is 0.449 e. The molecule has 0 spiro atoms. The van der Waals surface area contributed by atoms with Crippen molar-refractivity contribution in [1.82, 2.24) is 0 Å². The zero-order chi connectivity index (χ0) is 20.7. The van der Waals surface area contributed by atoms with Gasteiger partial charge in [-0.05, 0) is 61.7 Å². The number of hydrogen-bond acceptors (Lipinski definition) is 4. The highest BCUT2D eigenvalue weighted by molar-refractivity contribution is 5.97. The van der Waals surface area contributed by atoms with Crippen LogP contribution in [0, 0.1) is 13.8 Å². The molecule has 0 saturated heterocycles. The molecule has 0 bridgehead atoms.